The predicted octanol–water partition coefficient (Wildman–Crippen LogP) is 17.0. The van der Waals surface area contributed by atoms with Crippen molar-refractivity contribution in [1.29, 1.82) is 0 Å². The van der Waals surface area contributed by atoms with Crippen molar-refractivity contribution in [2.45, 2.75) is 95.4 Å². The molecule has 0 bridgehead atoms. The number of hydrogen-bond donors (Lipinski definition) is 0. The van der Waals surface area contributed by atoms with Crippen LogP contribution >= 0.6 is 11.3 Å². The number of benzene rings is 6. The molecule has 4 aliphatic rings. The minimum Gasteiger partial charge on any atom is -0.331 e. The second kappa shape index (κ2) is 15.9. The van der Waals surface area contributed by atoms with Gasteiger partial charge in [0.05, 0.1) is 16.9 Å². The van der Waals surface area contributed by atoms with Crippen molar-refractivity contribution in [3.05, 3.63) is 169 Å². The largest absolute Gasteiger partial charge is 0.331 e. The van der Waals surface area contributed by atoms with Gasteiger partial charge in [-0.15, -0.1) is 11.3 Å². The summed E-state index contributed by atoms with van der Waals surface area (Å²) in [5.74, 6) is 2.15. The van der Waals surface area contributed by atoms with E-state index in [1.165, 1.54) is 140 Å². The van der Waals surface area contributed by atoms with E-state index in [1.807, 2.05) is 11.3 Å². The zero-order valence-electron chi connectivity index (χ0n) is 35.0. The molecular formula is C57H56N2S. The van der Waals surface area contributed by atoms with Crippen LogP contribution in [0.2, 0.25) is 0 Å². The van der Waals surface area contributed by atoms with E-state index in [0.29, 0.717) is 11.8 Å². The molecule has 1 aromatic heterocycles. The average molecular weight is 801 g/mol. The standard InChI is InChI=1S/C57H56N2S/c1-57(36-16-5-17-37-57)59(46-34-30-43(31-35-46)41-20-8-3-9-21-41)53-39-54-55(49-26-14-12-24-47(49)53)51-38-52(48-25-13-15-27-50(48)56(51)60-54)58(44-22-10-4-11-23-44)45-32-28-42(29-33-45)40-18-6-2-7-19-40/h4-5,10-17,22-30,32-36,38-41,43H,2-3,6-9,18-21,31,37H2,1H3. The van der Waals surface area contributed by atoms with E-state index in [4.69, 9.17) is 0 Å². The summed E-state index contributed by atoms with van der Waals surface area (Å²) in [6.07, 6.45) is 32.6. The van der Waals surface area contributed by atoms with Gasteiger partial charge in [-0.2, -0.15) is 0 Å². The fourth-order valence-electron chi connectivity index (χ4n) is 11.4. The van der Waals surface area contributed by atoms with Gasteiger partial charge >= 0.3 is 0 Å². The molecule has 2 nitrogen and oxygen atoms in total. The summed E-state index contributed by atoms with van der Waals surface area (Å²) < 4.78 is 2.70. The molecule has 2 saturated carbocycles. The number of nitrogens with zero attached hydrogens (tertiary/aromatic N) is 2. The quantitative estimate of drug-likeness (QED) is 0.151. The van der Waals surface area contributed by atoms with Crippen LogP contribution < -0.4 is 9.80 Å². The lowest BCUT2D eigenvalue weighted by Gasteiger charge is -2.44. The van der Waals surface area contributed by atoms with Gasteiger partial charge in [-0.3, -0.25) is 0 Å². The average Bonchev–Trinajstić information content (AvgIpc) is 3.69. The molecule has 0 N–H and O–H groups in total. The Morgan fingerprint density at radius 3 is 1.98 bits per heavy atom. The predicted molar refractivity (Wildman–Crippen MR) is 261 cm³/mol. The Hall–Kier alpha value is -5.38. The first kappa shape index (κ1) is 37.6. The highest BCUT2D eigenvalue weighted by Crippen LogP contribution is 2.51. The topological polar surface area (TPSA) is 6.48 Å². The van der Waals surface area contributed by atoms with Crippen LogP contribution in [0.3, 0.4) is 0 Å². The van der Waals surface area contributed by atoms with E-state index in [2.05, 4.69) is 175 Å². The van der Waals surface area contributed by atoms with Crippen molar-refractivity contribution in [2.24, 2.45) is 11.8 Å². The van der Waals surface area contributed by atoms with E-state index in [0.717, 1.165) is 18.8 Å². The smallest absolute Gasteiger partial charge is 0.0643 e. The summed E-state index contributed by atoms with van der Waals surface area (Å²) in [6.45, 7) is 2.43. The number of fused-ring (bicyclic) bond motifs is 7. The Morgan fingerprint density at radius 2 is 1.28 bits per heavy atom. The zero-order valence-corrected chi connectivity index (χ0v) is 35.8. The summed E-state index contributed by atoms with van der Waals surface area (Å²) in [4.78, 5) is 5.19. The highest BCUT2D eigenvalue weighted by molar-refractivity contribution is 7.27. The van der Waals surface area contributed by atoms with E-state index in [1.54, 1.807) is 0 Å². The molecular weight excluding hydrogens is 745 g/mol. The lowest BCUT2D eigenvalue weighted by Crippen LogP contribution is -2.45. The molecule has 0 aliphatic heterocycles. The molecule has 3 heteroatoms. The summed E-state index contributed by atoms with van der Waals surface area (Å²) >= 11 is 1.96. The number of rotatable bonds is 8. The Labute approximate surface area is 360 Å². The van der Waals surface area contributed by atoms with Crippen molar-refractivity contribution in [2.75, 3.05) is 9.80 Å². The summed E-state index contributed by atoms with van der Waals surface area (Å²) in [7, 11) is 0. The van der Waals surface area contributed by atoms with Gasteiger partial charge in [0.2, 0.25) is 0 Å². The van der Waals surface area contributed by atoms with Crippen molar-refractivity contribution in [3.8, 4) is 0 Å². The van der Waals surface area contributed by atoms with Gasteiger partial charge in [0.15, 0.2) is 0 Å². The maximum absolute atomic E-state index is 2.68. The Bertz CT molecular complexity index is 2810. The second-order valence-electron chi connectivity index (χ2n) is 18.3. The maximum Gasteiger partial charge on any atom is 0.0643 e. The first-order chi connectivity index (χ1) is 29.6. The molecule has 0 amide bonds. The van der Waals surface area contributed by atoms with E-state index >= 15 is 0 Å². The molecule has 60 heavy (non-hydrogen) atoms. The number of anilines is 4. The van der Waals surface area contributed by atoms with Crippen LogP contribution in [0, 0.1) is 11.8 Å². The Morgan fingerprint density at radius 1 is 0.617 bits per heavy atom. The summed E-state index contributed by atoms with van der Waals surface area (Å²) in [5, 5.41) is 7.91. The third kappa shape index (κ3) is 6.70. The van der Waals surface area contributed by atoms with Crippen molar-refractivity contribution in [1.82, 2.24) is 0 Å². The fraction of sp³-hybridized carbons (Fsp3) is 0.298. The number of allylic oxidation sites excluding steroid dienone is 5. The highest BCUT2D eigenvalue weighted by Gasteiger charge is 2.35. The fourth-order valence-corrected chi connectivity index (χ4v) is 12.7. The molecule has 7 aromatic rings. The number of thiophene rings is 1. The minimum atomic E-state index is -0.196. The molecule has 2 atom stereocenters. The van der Waals surface area contributed by atoms with Gasteiger partial charge in [-0.25, -0.2) is 0 Å². The number of hydrogen-bond acceptors (Lipinski definition) is 3. The third-order valence-electron chi connectivity index (χ3n) is 14.5. The van der Waals surface area contributed by atoms with Gasteiger partial charge in [0.1, 0.15) is 0 Å². The lowest BCUT2D eigenvalue weighted by atomic mass is 9.77. The Kier molecular flexibility index (Phi) is 9.97. The van der Waals surface area contributed by atoms with Crippen molar-refractivity contribution < 1.29 is 0 Å². The van der Waals surface area contributed by atoms with Crippen LogP contribution in [0.1, 0.15) is 95.5 Å². The molecule has 300 valence electrons. The molecule has 6 aromatic carbocycles. The first-order valence-electron chi connectivity index (χ1n) is 22.9. The normalized spacial score (nSPS) is 21.3. The molecule has 2 fully saturated rings. The van der Waals surface area contributed by atoms with Gasteiger partial charge in [-0.1, -0.05) is 154 Å². The van der Waals surface area contributed by atoms with E-state index in [-0.39, 0.29) is 5.54 Å². The molecule has 2 unspecified atom stereocenters. The van der Waals surface area contributed by atoms with Crippen LogP contribution in [-0.4, -0.2) is 5.54 Å². The third-order valence-corrected chi connectivity index (χ3v) is 15.7. The van der Waals surface area contributed by atoms with Crippen LogP contribution in [0.15, 0.2) is 163 Å². The molecule has 0 radical (unpaired) electrons. The molecule has 0 saturated heterocycles. The molecule has 0 spiro atoms. The molecule has 4 aliphatic carbocycles. The van der Waals surface area contributed by atoms with Crippen molar-refractivity contribution >= 4 is 75.8 Å². The van der Waals surface area contributed by atoms with Crippen LogP contribution in [0.5, 0.6) is 0 Å². The van der Waals surface area contributed by atoms with Gasteiger partial charge < -0.3 is 9.80 Å². The molecule has 11 rings (SSSR count). The first-order valence-corrected chi connectivity index (χ1v) is 23.7. The van der Waals surface area contributed by atoms with E-state index in [9.17, 15) is 0 Å². The highest BCUT2D eigenvalue weighted by atomic mass is 32.1. The van der Waals surface area contributed by atoms with Gasteiger partial charge in [-0.05, 0) is 117 Å². The summed E-state index contributed by atoms with van der Waals surface area (Å²) in [5.41, 5.74) is 7.53. The summed E-state index contributed by atoms with van der Waals surface area (Å²) in [6, 6.07) is 44.0. The molecule has 1 heterocycles. The van der Waals surface area contributed by atoms with Crippen LogP contribution in [-0.2, 0) is 0 Å². The van der Waals surface area contributed by atoms with Crippen molar-refractivity contribution in [3.63, 3.8) is 0 Å². The number of para-hydroxylation sites is 1. The van der Waals surface area contributed by atoms with E-state index < -0.39 is 0 Å². The zero-order chi connectivity index (χ0) is 40.0. The maximum atomic E-state index is 2.68. The lowest BCUT2D eigenvalue weighted by molar-refractivity contribution is 0.285. The van der Waals surface area contributed by atoms with Crippen LogP contribution in [0.25, 0.3) is 41.7 Å². The Balaban J connectivity index is 1.10. The SMILES string of the molecule is CC1(N(C2=CCC(C3CCCCC3)C=C2)c2cc3sc4c5ccccc5c(N(c5ccccc5)c5ccc(C6CCCCC6)cc5)cc4c3c3ccccc23)C=CC=CC1. The second-order valence-corrected chi connectivity index (χ2v) is 19.4. The van der Waals surface area contributed by atoms with Gasteiger partial charge in [0.25, 0.3) is 0 Å². The minimum absolute atomic E-state index is 0.196. The van der Waals surface area contributed by atoms with Crippen LogP contribution in [0.4, 0.5) is 22.7 Å². The van der Waals surface area contributed by atoms with Gasteiger partial charge in [0, 0.05) is 53.4 Å². The monoisotopic (exact) mass is 800 g/mol.